The highest BCUT2D eigenvalue weighted by Gasteiger charge is 2.29. The second kappa shape index (κ2) is 10.6. The Balaban J connectivity index is 1.33. The van der Waals surface area contributed by atoms with Crippen molar-refractivity contribution in [2.75, 3.05) is 4.90 Å². The van der Waals surface area contributed by atoms with Gasteiger partial charge in [0, 0.05) is 33.1 Å². The monoisotopic (exact) mass is 610 g/mol. The standard InChI is InChI=1S/C46H30N2/c1-5-14-31(15-6-1)33-24-27-42-39(28-33)41-29-40-38-26-25-36(32-16-7-2-8-17-32)37-22-13-23-43(46(37)38)48(35-20-11-4-12-21-35)44(40)30-45(41)47(42)34-18-9-3-10-19-34/h1-30H. The Kier molecular flexibility index (Phi) is 5.91. The average molecular weight is 611 g/mol. The van der Waals surface area contributed by atoms with Gasteiger partial charge in [0.2, 0.25) is 0 Å². The van der Waals surface area contributed by atoms with Gasteiger partial charge in [-0.15, -0.1) is 0 Å². The lowest BCUT2D eigenvalue weighted by molar-refractivity contribution is 1.18. The van der Waals surface area contributed by atoms with Crippen LogP contribution in [0.3, 0.4) is 0 Å². The van der Waals surface area contributed by atoms with Gasteiger partial charge in [0.25, 0.3) is 0 Å². The van der Waals surface area contributed by atoms with Crippen LogP contribution >= 0.6 is 0 Å². The van der Waals surface area contributed by atoms with E-state index < -0.39 is 0 Å². The molecule has 0 N–H and O–H groups in total. The first-order valence-corrected chi connectivity index (χ1v) is 16.5. The highest BCUT2D eigenvalue weighted by atomic mass is 15.2. The van der Waals surface area contributed by atoms with E-state index in [-0.39, 0.29) is 0 Å². The summed E-state index contributed by atoms with van der Waals surface area (Å²) in [4.78, 5) is 2.46. The van der Waals surface area contributed by atoms with Crippen LogP contribution in [0.1, 0.15) is 0 Å². The van der Waals surface area contributed by atoms with Crippen LogP contribution < -0.4 is 4.90 Å². The van der Waals surface area contributed by atoms with Crippen molar-refractivity contribution < 1.29 is 0 Å². The molecular weight excluding hydrogens is 581 g/mol. The molecule has 0 atom stereocenters. The number of nitrogens with zero attached hydrogens (tertiary/aromatic N) is 2. The van der Waals surface area contributed by atoms with Crippen LogP contribution in [0.2, 0.25) is 0 Å². The summed E-state index contributed by atoms with van der Waals surface area (Å²) in [5.74, 6) is 0. The first-order valence-electron chi connectivity index (χ1n) is 16.5. The number of aromatic nitrogens is 1. The zero-order valence-corrected chi connectivity index (χ0v) is 26.2. The Bertz CT molecular complexity index is 2640. The summed E-state index contributed by atoms with van der Waals surface area (Å²) in [5, 5.41) is 5.05. The van der Waals surface area contributed by atoms with Crippen LogP contribution in [0, 0.1) is 0 Å². The number of anilines is 3. The second-order valence-electron chi connectivity index (χ2n) is 12.6. The molecule has 2 nitrogen and oxygen atoms in total. The molecule has 1 aliphatic heterocycles. The number of fused-ring (bicyclic) bond motifs is 5. The van der Waals surface area contributed by atoms with E-state index in [1.165, 1.54) is 77.3 Å². The van der Waals surface area contributed by atoms with E-state index in [1.807, 2.05) is 0 Å². The minimum absolute atomic E-state index is 1.15. The lowest BCUT2D eigenvalue weighted by Crippen LogP contribution is -2.15. The van der Waals surface area contributed by atoms with Crippen molar-refractivity contribution in [3.05, 3.63) is 182 Å². The van der Waals surface area contributed by atoms with Gasteiger partial charge in [-0.1, -0.05) is 127 Å². The van der Waals surface area contributed by atoms with Crippen molar-refractivity contribution in [2.24, 2.45) is 0 Å². The molecule has 10 rings (SSSR count). The maximum absolute atomic E-state index is 2.46. The number of benzene rings is 8. The fourth-order valence-corrected chi connectivity index (χ4v) is 7.77. The molecule has 1 aliphatic rings. The van der Waals surface area contributed by atoms with Crippen LogP contribution in [0.4, 0.5) is 17.1 Å². The zero-order chi connectivity index (χ0) is 31.6. The van der Waals surface area contributed by atoms with Crippen LogP contribution in [0.25, 0.3) is 71.6 Å². The third kappa shape index (κ3) is 4.00. The maximum Gasteiger partial charge on any atom is 0.0562 e. The molecule has 0 amide bonds. The SMILES string of the molecule is c1ccc(-c2ccc3c(c2)c2cc4c(cc2n3-c2ccccc2)N(c2ccccc2)c2cccc3c(-c5ccccc5)ccc-4c23)cc1. The minimum atomic E-state index is 1.15. The average Bonchev–Trinajstić information content (AvgIpc) is 3.48. The highest BCUT2D eigenvalue weighted by Crippen LogP contribution is 2.54. The van der Waals surface area contributed by atoms with Gasteiger partial charge in [-0.25, -0.2) is 0 Å². The van der Waals surface area contributed by atoms with Crippen molar-refractivity contribution in [3.63, 3.8) is 0 Å². The van der Waals surface area contributed by atoms with E-state index in [1.54, 1.807) is 0 Å². The maximum atomic E-state index is 2.46. The molecule has 0 unspecified atom stereocenters. The lowest BCUT2D eigenvalue weighted by Gasteiger charge is -2.34. The van der Waals surface area contributed by atoms with E-state index in [2.05, 4.69) is 191 Å². The van der Waals surface area contributed by atoms with Gasteiger partial charge in [-0.2, -0.15) is 0 Å². The molecule has 0 radical (unpaired) electrons. The fraction of sp³-hybridized carbons (Fsp3) is 0. The highest BCUT2D eigenvalue weighted by molar-refractivity contribution is 6.21. The van der Waals surface area contributed by atoms with E-state index in [0.29, 0.717) is 0 Å². The molecule has 9 aromatic rings. The molecule has 0 fully saturated rings. The third-order valence-corrected chi connectivity index (χ3v) is 9.89. The Morgan fingerprint density at radius 3 is 1.67 bits per heavy atom. The summed E-state index contributed by atoms with van der Waals surface area (Å²) in [6, 6.07) is 66.2. The largest absolute Gasteiger partial charge is 0.309 e. The molecule has 0 saturated carbocycles. The summed E-state index contributed by atoms with van der Waals surface area (Å²) in [7, 11) is 0. The number of hydrogen-bond acceptors (Lipinski definition) is 1. The van der Waals surface area contributed by atoms with Crippen molar-refractivity contribution >= 4 is 49.6 Å². The van der Waals surface area contributed by atoms with Crippen molar-refractivity contribution in [1.82, 2.24) is 4.57 Å². The van der Waals surface area contributed by atoms with Crippen LogP contribution in [0.5, 0.6) is 0 Å². The van der Waals surface area contributed by atoms with Gasteiger partial charge in [-0.05, 0) is 87.8 Å². The smallest absolute Gasteiger partial charge is 0.0562 e. The van der Waals surface area contributed by atoms with Crippen molar-refractivity contribution in [1.29, 1.82) is 0 Å². The zero-order valence-electron chi connectivity index (χ0n) is 26.2. The first kappa shape index (κ1) is 26.8. The van der Waals surface area contributed by atoms with E-state index in [0.717, 1.165) is 11.4 Å². The molecule has 2 heterocycles. The number of hydrogen-bond donors (Lipinski definition) is 0. The fourth-order valence-electron chi connectivity index (χ4n) is 7.77. The topological polar surface area (TPSA) is 8.17 Å². The first-order chi connectivity index (χ1) is 23.8. The van der Waals surface area contributed by atoms with Crippen molar-refractivity contribution in [3.8, 4) is 39.1 Å². The van der Waals surface area contributed by atoms with Crippen LogP contribution in [-0.2, 0) is 0 Å². The van der Waals surface area contributed by atoms with E-state index >= 15 is 0 Å². The predicted octanol–water partition coefficient (Wildman–Crippen LogP) is 12.7. The van der Waals surface area contributed by atoms with Crippen LogP contribution in [-0.4, -0.2) is 4.57 Å². The molecule has 224 valence electrons. The number of rotatable bonds is 4. The molecule has 0 spiro atoms. The molecule has 8 aromatic carbocycles. The van der Waals surface area contributed by atoms with E-state index in [9.17, 15) is 0 Å². The number of para-hydroxylation sites is 2. The predicted molar refractivity (Wildman–Crippen MR) is 203 cm³/mol. The molecule has 0 saturated heterocycles. The van der Waals surface area contributed by atoms with Gasteiger partial charge in [0.1, 0.15) is 0 Å². The molecule has 0 bridgehead atoms. The van der Waals surface area contributed by atoms with Gasteiger partial charge in [0.15, 0.2) is 0 Å². The Morgan fingerprint density at radius 1 is 0.312 bits per heavy atom. The van der Waals surface area contributed by atoms with Gasteiger partial charge >= 0.3 is 0 Å². The van der Waals surface area contributed by atoms with E-state index in [4.69, 9.17) is 0 Å². The van der Waals surface area contributed by atoms with Crippen LogP contribution in [0.15, 0.2) is 182 Å². The van der Waals surface area contributed by atoms with Gasteiger partial charge < -0.3 is 9.47 Å². The molecule has 0 aliphatic carbocycles. The van der Waals surface area contributed by atoms with Crippen molar-refractivity contribution in [2.45, 2.75) is 0 Å². The molecule has 48 heavy (non-hydrogen) atoms. The summed E-state index contributed by atoms with van der Waals surface area (Å²) in [6.45, 7) is 0. The lowest BCUT2D eigenvalue weighted by atomic mass is 9.86. The molecule has 2 heteroatoms. The Morgan fingerprint density at radius 2 is 0.938 bits per heavy atom. The minimum Gasteiger partial charge on any atom is -0.309 e. The summed E-state index contributed by atoms with van der Waals surface area (Å²) in [6.07, 6.45) is 0. The van der Waals surface area contributed by atoms with Gasteiger partial charge in [0.05, 0.1) is 22.4 Å². The quantitative estimate of drug-likeness (QED) is 0.192. The third-order valence-electron chi connectivity index (χ3n) is 9.89. The van der Waals surface area contributed by atoms with Gasteiger partial charge in [-0.3, -0.25) is 0 Å². The Hall–Kier alpha value is -6.38. The second-order valence-corrected chi connectivity index (χ2v) is 12.6. The molecule has 1 aromatic heterocycles. The summed E-state index contributed by atoms with van der Waals surface area (Å²) < 4.78 is 2.43. The summed E-state index contributed by atoms with van der Waals surface area (Å²) in [5.41, 5.74) is 14.5. The normalized spacial score (nSPS) is 12.1. The summed E-state index contributed by atoms with van der Waals surface area (Å²) >= 11 is 0. The Labute approximate surface area is 279 Å². The molecular formula is C46H30N2.